The molecule has 31 heavy (non-hydrogen) atoms. The zero-order valence-corrected chi connectivity index (χ0v) is 17.6. The van der Waals surface area contributed by atoms with Crippen molar-refractivity contribution in [1.29, 1.82) is 0 Å². The molecule has 0 saturated heterocycles. The summed E-state index contributed by atoms with van der Waals surface area (Å²) in [6.07, 6.45) is 1.33. The molecule has 0 fully saturated rings. The third kappa shape index (κ3) is 5.61. The zero-order chi connectivity index (χ0) is 22.3. The van der Waals surface area contributed by atoms with Crippen LogP contribution in [0.25, 0.3) is 0 Å². The number of nitrogens with one attached hydrogen (secondary N) is 1. The Balaban J connectivity index is 1.65. The van der Waals surface area contributed by atoms with Crippen molar-refractivity contribution < 1.29 is 27.4 Å². The van der Waals surface area contributed by atoms with Gasteiger partial charge in [-0.2, -0.15) is 18.4 Å². The average Bonchev–Trinajstić information content (AvgIpc) is 2.80. The highest BCUT2D eigenvalue weighted by molar-refractivity contribution is 7.89. The number of hydrazone groups is 1. The van der Waals surface area contributed by atoms with E-state index in [9.17, 15) is 13.2 Å². The number of esters is 1. The summed E-state index contributed by atoms with van der Waals surface area (Å²) >= 11 is 0. The molecule has 9 heteroatoms. The van der Waals surface area contributed by atoms with Crippen molar-refractivity contribution in [3.8, 4) is 17.2 Å². The Labute approximate surface area is 180 Å². The lowest BCUT2D eigenvalue weighted by molar-refractivity contribution is 0.0734. The summed E-state index contributed by atoms with van der Waals surface area (Å²) < 4.78 is 40.5. The molecular formula is C22H20N2O6S. The molecule has 0 unspecified atom stereocenters. The lowest BCUT2D eigenvalue weighted by Gasteiger charge is -2.10. The Bertz CT molecular complexity index is 1180. The van der Waals surface area contributed by atoms with Crippen molar-refractivity contribution in [1.82, 2.24) is 4.83 Å². The van der Waals surface area contributed by atoms with E-state index in [0.717, 1.165) is 0 Å². The molecule has 0 aliphatic carbocycles. The van der Waals surface area contributed by atoms with Gasteiger partial charge in [0.25, 0.3) is 10.0 Å². The van der Waals surface area contributed by atoms with Crippen molar-refractivity contribution in [2.75, 3.05) is 14.2 Å². The minimum Gasteiger partial charge on any atom is -0.497 e. The Morgan fingerprint density at radius 2 is 1.58 bits per heavy atom. The molecule has 0 saturated carbocycles. The first-order chi connectivity index (χ1) is 14.9. The molecule has 0 spiro atoms. The molecule has 0 bridgehead atoms. The van der Waals surface area contributed by atoms with E-state index in [4.69, 9.17) is 14.2 Å². The Kier molecular flexibility index (Phi) is 6.88. The van der Waals surface area contributed by atoms with Crippen LogP contribution in [0.4, 0.5) is 0 Å². The maximum Gasteiger partial charge on any atom is 0.343 e. The second-order valence-corrected chi connectivity index (χ2v) is 7.82. The largest absolute Gasteiger partial charge is 0.497 e. The summed E-state index contributed by atoms with van der Waals surface area (Å²) in [4.78, 5) is 14.1. The van der Waals surface area contributed by atoms with Crippen molar-refractivity contribution in [2.24, 2.45) is 5.10 Å². The smallest absolute Gasteiger partial charge is 0.343 e. The third-order valence-corrected chi connectivity index (χ3v) is 5.41. The van der Waals surface area contributed by atoms with Crippen LogP contribution in [0.1, 0.15) is 15.9 Å². The number of sulfonamides is 1. The van der Waals surface area contributed by atoms with Gasteiger partial charge in [0.2, 0.25) is 0 Å². The van der Waals surface area contributed by atoms with Crippen LogP contribution in [-0.2, 0) is 10.0 Å². The Hall–Kier alpha value is -3.85. The number of ether oxygens (including phenoxy) is 3. The molecule has 0 amide bonds. The minimum atomic E-state index is -3.95. The number of hydrogen-bond acceptors (Lipinski definition) is 7. The topological polar surface area (TPSA) is 103 Å². The van der Waals surface area contributed by atoms with Gasteiger partial charge >= 0.3 is 5.97 Å². The number of benzene rings is 3. The van der Waals surface area contributed by atoms with Crippen LogP contribution in [0.2, 0.25) is 0 Å². The molecule has 0 aliphatic rings. The molecule has 0 heterocycles. The SMILES string of the molecule is COc1ccc(S(=O)(=O)N/N=C/c2ccc(OC(=O)c3ccccc3)cc2)c(OC)c1. The van der Waals surface area contributed by atoms with E-state index >= 15 is 0 Å². The Morgan fingerprint density at radius 1 is 0.903 bits per heavy atom. The summed E-state index contributed by atoms with van der Waals surface area (Å²) in [5, 5.41) is 3.79. The molecule has 3 aromatic carbocycles. The molecule has 3 aromatic rings. The molecule has 160 valence electrons. The van der Waals surface area contributed by atoms with Gasteiger partial charge in [0.1, 0.15) is 22.1 Å². The molecule has 8 nitrogen and oxygen atoms in total. The van der Waals surface area contributed by atoms with Gasteiger partial charge in [-0.1, -0.05) is 18.2 Å². The van der Waals surface area contributed by atoms with Gasteiger partial charge in [-0.05, 0) is 54.1 Å². The molecule has 0 aliphatic heterocycles. The van der Waals surface area contributed by atoms with E-state index < -0.39 is 16.0 Å². The predicted molar refractivity (Wildman–Crippen MR) is 115 cm³/mol. The third-order valence-electron chi connectivity index (χ3n) is 4.15. The standard InChI is InChI=1S/C22H20N2O6S/c1-28-19-12-13-21(20(14-19)29-2)31(26,27)24-23-15-16-8-10-18(11-9-16)30-22(25)17-6-4-3-5-7-17/h3-15,24H,1-2H3/b23-15+. The number of hydrogen-bond donors (Lipinski definition) is 1. The molecule has 3 rings (SSSR count). The maximum absolute atomic E-state index is 12.5. The van der Waals surface area contributed by atoms with Crippen LogP contribution >= 0.6 is 0 Å². The van der Waals surface area contributed by atoms with Gasteiger partial charge in [0.05, 0.1) is 26.0 Å². The van der Waals surface area contributed by atoms with Gasteiger partial charge < -0.3 is 14.2 Å². The number of carbonyl (C=O) groups excluding carboxylic acids is 1. The first kappa shape index (κ1) is 21.8. The lowest BCUT2D eigenvalue weighted by Crippen LogP contribution is -2.19. The van der Waals surface area contributed by atoms with E-state index in [0.29, 0.717) is 22.6 Å². The van der Waals surface area contributed by atoms with Gasteiger partial charge in [-0.25, -0.2) is 4.79 Å². The van der Waals surface area contributed by atoms with Crippen LogP contribution in [0, 0.1) is 0 Å². The van der Waals surface area contributed by atoms with Crippen molar-refractivity contribution >= 4 is 22.2 Å². The number of rotatable bonds is 8. The number of nitrogens with zero attached hydrogens (tertiary/aromatic N) is 1. The fourth-order valence-electron chi connectivity index (χ4n) is 2.58. The second-order valence-electron chi connectivity index (χ2n) is 6.19. The van der Waals surface area contributed by atoms with Gasteiger partial charge in [-0.15, -0.1) is 0 Å². The zero-order valence-electron chi connectivity index (χ0n) is 16.8. The average molecular weight is 440 g/mol. The van der Waals surface area contributed by atoms with E-state index in [2.05, 4.69) is 9.93 Å². The fraction of sp³-hybridized carbons (Fsp3) is 0.0909. The van der Waals surface area contributed by atoms with E-state index in [1.807, 2.05) is 6.07 Å². The van der Waals surface area contributed by atoms with Crippen molar-refractivity contribution in [3.05, 3.63) is 83.9 Å². The van der Waals surface area contributed by atoms with Gasteiger partial charge in [0.15, 0.2) is 0 Å². The summed E-state index contributed by atoms with van der Waals surface area (Å²) in [7, 11) is -1.11. The van der Waals surface area contributed by atoms with Crippen LogP contribution in [-0.4, -0.2) is 34.8 Å². The molecule has 0 aromatic heterocycles. The maximum atomic E-state index is 12.5. The molecule has 1 N–H and O–H groups in total. The fourth-order valence-corrected chi connectivity index (χ4v) is 3.52. The van der Waals surface area contributed by atoms with E-state index in [1.165, 1.54) is 38.6 Å². The quantitative estimate of drug-likeness (QED) is 0.250. The summed E-state index contributed by atoms with van der Waals surface area (Å²) in [6.45, 7) is 0. The summed E-state index contributed by atoms with van der Waals surface area (Å²) in [5.74, 6) is 0.483. The van der Waals surface area contributed by atoms with Crippen molar-refractivity contribution in [3.63, 3.8) is 0 Å². The number of methoxy groups -OCH3 is 2. The minimum absolute atomic E-state index is 0.0730. The summed E-state index contributed by atoms with van der Waals surface area (Å²) in [6, 6.07) is 19.4. The van der Waals surface area contributed by atoms with E-state index in [1.54, 1.807) is 48.5 Å². The molecule has 0 radical (unpaired) electrons. The lowest BCUT2D eigenvalue weighted by atomic mass is 10.2. The first-order valence-corrected chi connectivity index (χ1v) is 10.6. The van der Waals surface area contributed by atoms with Gasteiger partial charge in [0, 0.05) is 6.07 Å². The van der Waals surface area contributed by atoms with Crippen LogP contribution in [0.5, 0.6) is 17.2 Å². The van der Waals surface area contributed by atoms with Crippen LogP contribution in [0.15, 0.2) is 82.8 Å². The Morgan fingerprint density at radius 3 is 2.23 bits per heavy atom. The monoisotopic (exact) mass is 440 g/mol. The predicted octanol–water partition coefficient (Wildman–Crippen LogP) is 3.24. The summed E-state index contributed by atoms with van der Waals surface area (Å²) in [5.41, 5.74) is 1.04. The molecular weight excluding hydrogens is 420 g/mol. The highest BCUT2D eigenvalue weighted by Crippen LogP contribution is 2.28. The number of carbonyl (C=O) groups is 1. The molecule has 0 atom stereocenters. The normalized spacial score (nSPS) is 11.2. The van der Waals surface area contributed by atoms with Gasteiger partial charge in [-0.3, -0.25) is 0 Å². The van der Waals surface area contributed by atoms with Crippen molar-refractivity contribution in [2.45, 2.75) is 4.90 Å². The highest BCUT2D eigenvalue weighted by Gasteiger charge is 2.19. The van der Waals surface area contributed by atoms with Crippen LogP contribution < -0.4 is 19.0 Å². The first-order valence-electron chi connectivity index (χ1n) is 9.07. The highest BCUT2D eigenvalue weighted by atomic mass is 32.2. The second kappa shape index (κ2) is 9.77. The van der Waals surface area contributed by atoms with E-state index in [-0.39, 0.29) is 10.6 Å². The van der Waals surface area contributed by atoms with Crippen LogP contribution in [0.3, 0.4) is 0 Å².